The smallest absolute Gasteiger partial charge is 0.338 e. The van der Waals surface area contributed by atoms with E-state index in [1.165, 1.54) is 0 Å². The second kappa shape index (κ2) is 6.97. The van der Waals surface area contributed by atoms with Crippen molar-refractivity contribution in [2.75, 3.05) is 11.5 Å². The van der Waals surface area contributed by atoms with Gasteiger partial charge in [0.25, 0.3) is 5.91 Å². The molecule has 0 spiro atoms. The average Bonchev–Trinajstić information content (AvgIpc) is 2.57. The molecule has 0 radical (unpaired) electrons. The molecule has 0 fully saturated rings. The minimum Gasteiger partial charge on any atom is -0.482 e. The summed E-state index contributed by atoms with van der Waals surface area (Å²) in [4.78, 5) is 25.9. The molecular formula is C20H21NO4. The largest absolute Gasteiger partial charge is 0.482 e. The molecule has 1 amide bonds. The minimum atomic E-state index is -0.343. The van der Waals surface area contributed by atoms with Crippen molar-refractivity contribution < 1.29 is 19.1 Å². The summed E-state index contributed by atoms with van der Waals surface area (Å²) < 4.78 is 10.7. The second-order valence-corrected chi connectivity index (χ2v) is 6.39. The van der Waals surface area contributed by atoms with Gasteiger partial charge in [0, 0.05) is 0 Å². The van der Waals surface area contributed by atoms with Crippen LogP contribution in [0, 0.1) is 6.92 Å². The Kier molecular flexibility index (Phi) is 4.74. The third-order valence-electron chi connectivity index (χ3n) is 3.93. The number of carbonyl (C=O) groups is 2. The van der Waals surface area contributed by atoms with Crippen LogP contribution in [0.2, 0.25) is 0 Å². The molecule has 5 heteroatoms. The third-order valence-corrected chi connectivity index (χ3v) is 3.93. The Labute approximate surface area is 147 Å². The molecule has 0 N–H and O–H groups in total. The first-order chi connectivity index (χ1) is 11.9. The van der Waals surface area contributed by atoms with Crippen molar-refractivity contribution in [1.82, 2.24) is 0 Å². The van der Waals surface area contributed by atoms with Crippen LogP contribution < -0.4 is 9.64 Å². The van der Waals surface area contributed by atoms with E-state index in [9.17, 15) is 9.59 Å². The molecular weight excluding hydrogens is 318 g/mol. The quantitative estimate of drug-likeness (QED) is 0.800. The molecule has 2 aromatic rings. The molecule has 5 nitrogen and oxygen atoms in total. The van der Waals surface area contributed by atoms with Crippen LogP contribution in [0.1, 0.15) is 35.3 Å². The predicted octanol–water partition coefficient (Wildman–Crippen LogP) is 3.49. The monoisotopic (exact) mass is 339 g/mol. The van der Waals surface area contributed by atoms with E-state index in [1.807, 2.05) is 51.1 Å². The number of ether oxygens (including phenoxy) is 2. The highest BCUT2D eigenvalue weighted by Crippen LogP contribution is 2.33. The molecule has 0 aliphatic carbocycles. The van der Waals surface area contributed by atoms with E-state index >= 15 is 0 Å². The number of fused-ring (bicyclic) bond motifs is 1. The van der Waals surface area contributed by atoms with Gasteiger partial charge in [-0.3, -0.25) is 4.79 Å². The van der Waals surface area contributed by atoms with Crippen molar-refractivity contribution in [3.8, 4) is 5.75 Å². The van der Waals surface area contributed by atoms with E-state index in [4.69, 9.17) is 9.47 Å². The number of amides is 1. The highest BCUT2D eigenvalue weighted by Gasteiger charge is 2.25. The Morgan fingerprint density at radius 3 is 2.60 bits per heavy atom. The summed E-state index contributed by atoms with van der Waals surface area (Å²) in [6.45, 7) is 6.07. The molecule has 1 heterocycles. The topological polar surface area (TPSA) is 55.8 Å². The van der Waals surface area contributed by atoms with Crippen LogP contribution >= 0.6 is 0 Å². The lowest BCUT2D eigenvalue weighted by Gasteiger charge is -2.29. The van der Waals surface area contributed by atoms with Crippen molar-refractivity contribution in [3.05, 3.63) is 59.2 Å². The normalized spacial score (nSPS) is 13.4. The molecule has 1 aliphatic rings. The zero-order chi connectivity index (χ0) is 18.0. The highest BCUT2D eigenvalue weighted by molar-refractivity contribution is 5.97. The number of rotatable bonds is 4. The molecule has 3 rings (SSSR count). The molecule has 0 bridgehead atoms. The van der Waals surface area contributed by atoms with Crippen molar-refractivity contribution in [3.63, 3.8) is 0 Å². The fourth-order valence-corrected chi connectivity index (χ4v) is 2.70. The van der Waals surface area contributed by atoms with Crippen LogP contribution in [-0.2, 0) is 16.1 Å². The van der Waals surface area contributed by atoms with Crippen LogP contribution in [0.4, 0.5) is 5.69 Å². The van der Waals surface area contributed by atoms with Gasteiger partial charge in [-0.15, -0.1) is 0 Å². The van der Waals surface area contributed by atoms with Gasteiger partial charge >= 0.3 is 5.97 Å². The summed E-state index contributed by atoms with van der Waals surface area (Å²) in [5, 5.41) is 0. The molecule has 0 atom stereocenters. The number of hydrogen-bond donors (Lipinski definition) is 0. The molecule has 130 valence electrons. The van der Waals surface area contributed by atoms with Crippen molar-refractivity contribution in [1.29, 1.82) is 0 Å². The van der Waals surface area contributed by atoms with Crippen LogP contribution in [0.15, 0.2) is 42.5 Å². The summed E-state index contributed by atoms with van der Waals surface area (Å²) in [6.07, 6.45) is -0.155. The Morgan fingerprint density at radius 2 is 1.92 bits per heavy atom. The number of anilines is 1. The molecule has 0 saturated carbocycles. The molecule has 1 aliphatic heterocycles. The molecule has 25 heavy (non-hydrogen) atoms. The van der Waals surface area contributed by atoms with E-state index < -0.39 is 0 Å². The van der Waals surface area contributed by atoms with Crippen LogP contribution in [0.25, 0.3) is 0 Å². The summed E-state index contributed by atoms with van der Waals surface area (Å²) >= 11 is 0. The van der Waals surface area contributed by atoms with E-state index in [-0.39, 0.29) is 24.6 Å². The number of aryl methyl sites for hydroxylation is 1. The SMILES string of the molecule is Cc1ccc2c(c1)N(Cc1ccc(C(=O)OC(C)C)cc1)C(=O)CO2. The molecule has 2 aromatic carbocycles. The molecule has 0 aromatic heterocycles. The standard InChI is InChI=1S/C20H21NO4/c1-13(2)25-20(23)16-7-5-15(6-8-16)11-21-17-10-14(3)4-9-18(17)24-12-19(21)22/h4-10,13H,11-12H2,1-3H3. The Morgan fingerprint density at radius 1 is 1.20 bits per heavy atom. The predicted molar refractivity (Wildman–Crippen MR) is 94.9 cm³/mol. The van der Waals surface area contributed by atoms with E-state index in [0.717, 1.165) is 16.8 Å². The second-order valence-electron chi connectivity index (χ2n) is 6.39. The minimum absolute atomic E-state index is 0.0366. The maximum atomic E-state index is 12.3. The molecule has 0 unspecified atom stereocenters. The number of esters is 1. The fourth-order valence-electron chi connectivity index (χ4n) is 2.70. The van der Waals surface area contributed by atoms with Gasteiger partial charge in [0.15, 0.2) is 6.61 Å². The maximum absolute atomic E-state index is 12.3. The van der Waals surface area contributed by atoms with Crippen LogP contribution in [-0.4, -0.2) is 24.6 Å². The lowest BCUT2D eigenvalue weighted by molar-refractivity contribution is -0.121. The Hall–Kier alpha value is -2.82. The molecule has 0 saturated heterocycles. The van der Waals surface area contributed by atoms with Crippen LogP contribution in [0.5, 0.6) is 5.75 Å². The van der Waals surface area contributed by atoms with E-state index in [2.05, 4.69) is 0 Å². The number of hydrogen-bond acceptors (Lipinski definition) is 4. The number of carbonyl (C=O) groups excluding carboxylic acids is 2. The van der Waals surface area contributed by atoms with Crippen LogP contribution in [0.3, 0.4) is 0 Å². The van der Waals surface area contributed by atoms with Gasteiger partial charge < -0.3 is 14.4 Å². The highest BCUT2D eigenvalue weighted by atomic mass is 16.5. The first-order valence-electron chi connectivity index (χ1n) is 8.28. The van der Waals surface area contributed by atoms with Gasteiger partial charge in [0.2, 0.25) is 0 Å². The number of benzene rings is 2. The zero-order valence-corrected chi connectivity index (χ0v) is 14.6. The lowest BCUT2D eigenvalue weighted by atomic mass is 10.1. The third kappa shape index (κ3) is 3.82. The Bertz CT molecular complexity index is 796. The first-order valence-corrected chi connectivity index (χ1v) is 8.28. The zero-order valence-electron chi connectivity index (χ0n) is 14.6. The maximum Gasteiger partial charge on any atom is 0.338 e. The number of nitrogens with zero attached hydrogens (tertiary/aromatic N) is 1. The van der Waals surface area contributed by atoms with Gasteiger partial charge in [-0.05, 0) is 56.2 Å². The average molecular weight is 339 g/mol. The summed E-state index contributed by atoms with van der Waals surface area (Å²) in [5.41, 5.74) is 3.28. The van der Waals surface area contributed by atoms with Gasteiger partial charge in [-0.25, -0.2) is 4.79 Å². The van der Waals surface area contributed by atoms with Gasteiger partial charge in [0.1, 0.15) is 5.75 Å². The summed E-state index contributed by atoms with van der Waals surface area (Å²) in [7, 11) is 0. The summed E-state index contributed by atoms with van der Waals surface area (Å²) in [5.74, 6) is 0.286. The fraction of sp³-hybridized carbons (Fsp3) is 0.300. The summed E-state index contributed by atoms with van der Waals surface area (Å²) in [6, 6.07) is 12.9. The Balaban J connectivity index is 1.80. The van der Waals surface area contributed by atoms with Crippen molar-refractivity contribution >= 4 is 17.6 Å². The van der Waals surface area contributed by atoms with E-state index in [1.54, 1.807) is 17.0 Å². The van der Waals surface area contributed by atoms with Gasteiger partial charge in [-0.2, -0.15) is 0 Å². The van der Waals surface area contributed by atoms with Gasteiger partial charge in [-0.1, -0.05) is 18.2 Å². The first kappa shape index (κ1) is 17.0. The van der Waals surface area contributed by atoms with Crippen molar-refractivity contribution in [2.45, 2.75) is 33.4 Å². The van der Waals surface area contributed by atoms with Gasteiger partial charge in [0.05, 0.1) is 23.9 Å². The van der Waals surface area contributed by atoms with E-state index in [0.29, 0.717) is 17.9 Å². The van der Waals surface area contributed by atoms with Crippen molar-refractivity contribution in [2.24, 2.45) is 0 Å². The lowest BCUT2D eigenvalue weighted by Crippen LogP contribution is -2.38.